The highest BCUT2D eigenvalue weighted by Crippen LogP contribution is 2.30. The monoisotopic (exact) mass is 301 g/mol. The number of aromatic nitrogens is 1. The van der Waals surface area contributed by atoms with Crippen LogP contribution in [0.15, 0.2) is 46.9 Å². The minimum Gasteiger partial charge on any atom is -0.469 e. The third-order valence-electron chi connectivity index (χ3n) is 3.17. The summed E-state index contributed by atoms with van der Waals surface area (Å²) in [5.41, 5.74) is 2.75. The van der Waals surface area contributed by atoms with Gasteiger partial charge in [-0.25, -0.2) is 4.98 Å². The second kappa shape index (κ2) is 5.58. The first kappa shape index (κ1) is 13.6. The summed E-state index contributed by atoms with van der Waals surface area (Å²) in [4.78, 5) is 15.9. The molecule has 0 unspecified atom stereocenters. The van der Waals surface area contributed by atoms with E-state index in [1.54, 1.807) is 6.07 Å². The first-order chi connectivity index (χ1) is 10.2. The number of benzene rings is 2. The van der Waals surface area contributed by atoms with Crippen LogP contribution < -0.4 is 0 Å². The Morgan fingerprint density at radius 3 is 2.81 bits per heavy atom. The third kappa shape index (κ3) is 2.62. The first-order valence-corrected chi connectivity index (χ1v) is 6.77. The standard InChI is InChI=1S/C16H12ClNO3/c1-20-14(19)9-10-5-4-8-13-15(10)18-16(21-13)11-6-2-3-7-12(11)17/h2-8H,9H2,1H3. The van der Waals surface area contributed by atoms with E-state index in [0.29, 0.717) is 22.0 Å². The summed E-state index contributed by atoms with van der Waals surface area (Å²) in [6.45, 7) is 0. The number of carbonyl (C=O) groups excluding carboxylic acids is 1. The van der Waals surface area contributed by atoms with Crippen molar-refractivity contribution in [3.05, 3.63) is 53.1 Å². The van der Waals surface area contributed by atoms with Gasteiger partial charge in [0.05, 0.1) is 24.1 Å². The molecule has 0 amide bonds. The SMILES string of the molecule is COC(=O)Cc1cccc2oc(-c3ccccc3Cl)nc12. The number of rotatable bonds is 3. The van der Waals surface area contributed by atoms with Crippen molar-refractivity contribution in [2.24, 2.45) is 0 Å². The van der Waals surface area contributed by atoms with Crippen molar-refractivity contribution < 1.29 is 13.9 Å². The molecule has 21 heavy (non-hydrogen) atoms. The Morgan fingerprint density at radius 1 is 1.24 bits per heavy atom. The molecule has 4 nitrogen and oxygen atoms in total. The lowest BCUT2D eigenvalue weighted by molar-refractivity contribution is -0.139. The van der Waals surface area contributed by atoms with Gasteiger partial charge in [0.1, 0.15) is 5.52 Å². The van der Waals surface area contributed by atoms with Crippen molar-refractivity contribution in [2.45, 2.75) is 6.42 Å². The Kier molecular flexibility index (Phi) is 3.62. The Bertz CT molecular complexity index is 810. The maximum atomic E-state index is 11.5. The van der Waals surface area contributed by atoms with Gasteiger partial charge in [0, 0.05) is 0 Å². The molecule has 0 aliphatic heterocycles. The largest absolute Gasteiger partial charge is 0.469 e. The first-order valence-electron chi connectivity index (χ1n) is 6.39. The molecule has 0 N–H and O–H groups in total. The molecule has 0 aliphatic rings. The predicted octanol–water partition coefficient (Wildman–Crippen LogP) is 3.86. The van der Waals surface area contributed by atoms with Crippen LogP contribution in [0.4, 0.5) is 0 Å². The van der Waals surface area contributed by atoms with E-state index in [1.165, 1.54) is 7.11 Å². The summed E-state index contributed by atoms with van der Waals surface area (Å²) in [5, 5.41) is 0.568. The van der Waals surface area contributed by atoms with Gasteiger partial charge in [-0.2, -0.15) is 0 Å². The highest BCUT2D eigenvalue weighted by molar-refractivity contribution is 6.33. The Balaban J connectivity index is 2.10. The number of nitrogens with zero attached hydrogens (tertiary/aromatic N) is 1. The molecule has 3 rings (SSSR count). The van der Waals surface area contributed by atoms with E-state index in [4.69, 9.17) is 20.8 Å². The van der Waals surface area contributed by atoms with Crippen LogP contribution >= 0.6 is 11.6 Å². The van der Waals surface area contributed by atoms with Gasteiger partial charge in [-0.05, 0) is 23.8 Å². The molecule has 0 spiro atoms. The summed E-state index contributed by atoms with van der Waals surface area (Å²) in [5.74, 6) is 0.123. The molecule has 0 atom stereocenters. The van der Waals surface area contributed by atoms with E-state index in [9.17, 15) is 4.79 Å². The summed E-state index contributed by atoms with van der Waals surface area (Å²) in [6, 6.07) is 12.8. The molecule has 0 saturated heterocycles. The van der Waals surface area contributed by atoms with Gasteiger partial charge >= 0.3 is 5.97 Å². The number of methoxy groups -OCH3 is 1. The van der Waals surface area contributed by atoms with E-state index < -0.39 is 0 Å². The molecule has 1 heterocycles. The smallest absolute Gasteiger partial charge is 0.310 e. The van der Waals surface area contributed by atoms with Gasteiger partial charge in [-0.3, -0.25) is 4.79 Å². The van der Waals surface area contributed by atoms with Gasteiger partial charge in [-0.15, -0.1) is 0 Å². The van der Waals surface area contributed by atoms with Crippen molar-refractivity contribution in [3.8, 4) is 11.5 Å². The molecule has 2 aromatic carbocycles. The molecular weight excluding hydrogens is 290 g/mol. The maximum Gasteiger partial charge on any atom is 0.310 e. The second-order valence-electron chi connectivity index (χ2n) is 4.52. The maximum absolute atomic E-state index is 11.5. The van der Waals surface area contributed by atoms with Crippen LogP contribution in [0.1, 0.15) is 5.56 Å². The minimum absolute atomic E-state index is 0.155. The molecule has 0 radical (unpaired) electrons. The zero-order valence-corrected chi connectivity index (χ0v) is 12.1. The van der Waals surface area contributed by atoms with Crippen LogP contribution in [0, 0.1) is 0 Å². The quantitative estimate of drug-likeness (QED) is 0.689. The minimum atomic E-state index is -0.315. The topological polar surface area (TPSA) is 52.3 Å². The molecule has 5 heteroatoms. The fraction of sp³-hybridized carbons (Fsp3) is 0.125. The summed E-state index contributed by atoms with van der Waals surface area (Å²) >= 11 is 6.16. The molecule has 0 bridgehead atoms. The van der Waals surface area contributed by atoms with Crippen LogP contribution in [0.2, 0.25) is 5.02 Å². The lowest BCUT2D eigenvalue weighted by atomic mass is 10.1. The van der Waals surface area contributed by atoms with Gasteiger partial charge in [0.25, 0.3) is 0 Å². The van der Waals surface area contributed by atoms with Crippen molar-refractivity contribution in [1.82, 2.24) is 4.98 Å². The van der Waals surface area contributed by atoms with Crippen LogP contribution in [0.5, 0.6) is 0 Å². The zero-order valence-electron chi connectivity index (χ0n) is 11.3. The number of hydrogen-bond acceptors (Lipinski definition) is 4. The zero-order chi connectivity index (χ0) is 14.8. The molecular formula is C16H12ClNO3. The molecule has 3 aromatic rings. The van der Waals surface area contributed by atoms with Crippen molar-refractivity contribution in [2.75, 3.05) is 7.11 Å². The normalized spacial score (nSPS) is 10.8. The lowest BCUT2D eigenvalue weighted by Gasteiger charge is -1.99. The number of para-hydroxylation sites is 1. The summed E-state index contributed by atoms with van der Waals surface area (Å²) in [7, 11) is 1.36. The highest BCUT2D eigenvalue weighted by Gasteiger charge is 2.15. The number of carbonyl (C=O) groups is 1. The number of esters is 1. The van der Waals surface area contributed by atoms with Crippen molar-refractivity contribution in [1.29, 1.82) is 0 Å². The summed E-state index contributed by atoms with van der Waals surface area (Å²) in [6.07, 6.45) is 0.155. The average Bonchev–Trinajstić information content (AvgIpc) is 2.92. The van der Waals surface area contributed by atoms with Crippen molar-refractivity contribution in [3.63, 3.8) is 0 Å². The van der Waals surface area contributed by atoms with Crippen LogP contribution in [-0.2, 0) is 16.0 Å². The number of halogens is 1. The van der Waals surface area contributed by atoms with Crippen LogP contribution in [-0.4, -0.2) is 18.1 Å². The molecule has 0 saturated carbocycles. The van der Waals surface area contributed by atoms with E-state index in [0.717, 1.165) is 11.1 Å². The molecule has 0 aliphatic carbocycles. The lowest BCUT2D eigenvalue weighted by Crippen LogP contribution is -2.04. The molecule has 1 aromatic heterocycles. The van der Waals surface area contributed by atoms with E-state index in [2.05, 4.69) is 4.98 Å². The number of fused-ring (bicyclic) bond motifs is 1. The Labute approximate surface area is 126 Å². The van der Waals surface area contributed by atoms with Crippen LogP contribution in [0.3, 0.4) is 0 Å². The Hall–Kier alpha value is -2.33. The molecule has 0 fully saturated rings. The van der Waals surface area contributed by atoms with E-state index >= 15 is 0 Å². The van der Waals surface area contributed by atoms with Gasteiger partial charge in [0.15, 0.2) is 5.58 Å². The van der Waals surface area contributed by atoms with Crippen LogP contribution in [0.25, 0.3) is 22.6 Å². The third-order valence-corrected chi connectivity index (χ3v) is 3.50. The molecule has 106 valence electrons. The fourth-order valence-electron chi connectivity index (χ4n) is 2.13. The summed E-state index contributed by atoms with van der Waals surface area (Å²) < 4.78 is 10.4. The van der Waals surface area contributed by atoms with Gasteiger partial charge < -0.3 is 9.15 Å². The average molecular weight is 302 g/mol. The Morgan fingerprint density at radius 2 is 2.05 bits per heavy atom. The van der Waals surface area contributed by atoms with Gasteiger partial charge in [-0.1, -0.05) is 35.9 Å². The fourth-order valence-corrected chi connectivity index (χ4v) is 2.34. The number of hydrogen-bond donors (Lipinski definition) is 0. The second-order valence-corrected chi connectivity index (χ2v) is 4.92. The van der Waals surface area contributed by atoms with Crippen molar-refractivity contribution >= 4 is 28.7 Å². The number of oxazole rings is 1. The number of ether oxygens (including phenoxy) is 1. The highest BCUT2D eigenvalue weighted by atomic mass is 35.5. The van der Waals surface area contributed by atoms with Gasteiger partial charge in [0.2, 0.25) is 5.89 Å². The van der Waals surface area contributed by atoms with E-state index in [-0.39, 0.29) is 12.4 Å². The predicted molar refractivity (Wildman–Crippen MR) is 80.2 cm³/mol. The van der Waals surface area contributed by atoms with E-state index in [1.807, 2.05) is 36.4 Å².